The van der Waals surface area contributed by atoms with Crippen LogP contribution >= 0.6 is 0 Å². The van der Waals surface area contributed by atoms with E-state index in [1.165, 1.54) is 250 Å². The smallest absolute Gasteiger partial charge is 0.220 e. The third-order valence-corrected chi connectivity index (χ3v) is 13.3. The van der Waals surface area contributed by atoms with Crippen molar-refractivity contribution in [3.05, 3.63) is 48.6 Å². The Labute approximate surface area is 401 Å². The van der Waals surface area contributed by atoms with Gasteiger partial charge in [-0.1, -0.05) is 287 Å². The van der Waals surface area contributed by atoms with Gasteiger partial charge in [-0.05, 0) is 64.2 Å². The molecule has 376 valence electrons. The number of hydrogen-bond acceptors (Lipinski definition) is 3. The highest BCUT2D eigenvalue weighted by atomic mass is 16.3. The Morgan fingerprint density at radius 2 is 0.656 bits per heavy atom. The summed E-state index contributed by atoms with van der Waals surface area (Å²) in [6.45, 7) is 4.30. The highest BCUT2D eigenvalue weighted by Crippen LogP contribution is 2.17. The number of carbonyl (C=O) groups is 1. The predicted octanol–water partition coefficient (Wildman–Crippen LogP) is 19.0. The zero-order chi connectivity index (χ0) is 46.3. The van der Waals surface area contributed by atoms with Crippen molar-refractivity contribution in [3.8, 4) is 0 Å². The number of carbonyl (C=O) groups excluding carboxylic acids is 1. The second-order valence-corrected chi connectivity index (χ2v) is 19.7. The second kappa shape index (κ2) is 55.7. The van der Waals surface area contributed by atoms with Crippen molar-refractivity contribution >= 4 is 5.91 Å². The summed E-state index contributed by atoms with van der Waals surface area (Å²) in [5.41, 5.74) is 0. The summed E-state index contributed by atoms with van der Waals surface area (Å²) < 4.78 is 0. The molecule has 2 atom stereocenters. The molecule has 0 heterocycles. The molecule has 64 heavy (non-hydrogen) atoms. The molecule has 4 nitrogen and oxygen atoms in total. The molecule has 0 aliphatic carbocycles. The largest absolute Gasteiger partial charge is 0.394 e. The normalized spacial score (nSPS) is 13.1. The van der Waals surface area contributed by atoms with Gasteiger partial charge in [-0.25, -0.2) is 0 Å². The van der Waals surface area contributed by atoms with Crippen LogP contribution in [0.5, 0.6) is 0 Å². The maximum atomic E-state index is 12.4. The molecule has 0 spiro atoms. The van der Waals surface area contributed by atoms with Crippen LogP contribution in [0.15, 0.2) is 48.6 Å². The predicted molar refractivity (Wildman–Crippen MR) is 285 cm³/mol. The zero-order valence-electron chi connectivity index (χ0n) is 43.3. The van der Waals surface area contributed by atoms with E-state index in [1.54, 1.807) is 6.08 Å². The molecule has 0 aromatic heterocycles. The Kier molecular flexibility index (Phi) is 54.2. The van der Waals surface area contributed by atoms with Gasteiger partial charge >= 0.3 is 0 Å². The summed E-state index contributed by atoms with van der Waals surface area (Å²) >= 11 is 0. The first-order chi connectivity index (χ1) is 31.7. The first-order valence-corrected chi connectivity index (χ1v) is 28.9. The quantitative estimate of drug-likeness (QED) is 0.0421. The number of allylic oxidation sites excluding steroid dienone is 7. The first kappa shape index (κ1) is 62.4. The van der Waals surface area contributed by atoms with E-state index in [1.807, 2.05) is 6.08 Å². The standard InChI is InChI=1S/C60H113NO3/c1-3-5-7-9-11-13-15-17-19-20-21-22-23-24-25-26-27-28-29-30-31-32-33-34-35-36-37-38-39-40-42-44-46-48-50-52-54-56-60(64)61-58(57-62)59(63)55-53-51-49-47-45-43-41-18-16-14-12-10-8-6-4-2/h15,17,20-21,45,47,53,55,58-59,62-63H,3-14,16,18-19,22-44,46,48-52,54,56-57H2,1-2H3,(H,61,64)/b17-15-,21-20-,47-45+,55-53+. The Balaban J connectivity index is 3.42. The van der Waals surface area contributed by atoms with Gasteiger partial charge in [0.25, 0.3) is 0 Å². The van der Waals surface area contributed by atoms with E-state index in [4.69, 9.17) is 0 Å². The molecule has 1 amide bonds. The molecule has 0 aromatic carbocycles. The van der Waals surface area contributed by atoms with E-state index >= 15 is 0 Å². The Hall–Kier alpha value is -1.65. The molecule has 0 aliphatic heterocycles. The Morgan fingerprint density at radius 3 is 1.00 bits per heavy atom. The topological polar surface area (TPSA) is 69.6 Å². The highest BCUT2D eigenvalue weighted by Gasteiger charge is 2.18. The molecule has 0 aromatic rings. The van der Waals surface area contributed by atoms with Crippen LogP contribution < -0.4 is 5.32 Å². The summed E-state index contributed by atoms with van der Waals surface area (Å²) in [7, 11) is 0. The van der Waals surface area contributed by atoms with Gasteiger partial charge in [0.05, 0.1) is 18.8 Å². The van der Waals surface area contributed by atoms with E-state index in [9.17, 15) is 15.0 Å². The van der Waals surface area contributed by atoms with E-state index in [-0.39, 0.29) is 12.5 Å². The van der Waals surface area contributed by atoms with Crippen molar-refractivity contribution in [1.29, 1.82) is 0 Å². The lowest BCUT2D eigenvalue weighted by Crippen LogP contribution is -2.45. The van der Waals surface area contributed by atoms with Crippen LogP contribution in [-0.2, 0) is 4.79 Å². The molecule has 0 saturated heterocycles. The van der Waals surface area contributed by atoms with Crippen LogP contribution in [0.3, 0.4) is 0 Å². The fraction of sp³-hybridized carbons (Fsp3) is 0.850. The minimum absolute atomic E-state index is 0.0695. The number of unbranched alkanes of at least 4 members (excludes halogenated alkanes) is 40. The lowest BCUT2D eigenvalue weighted by molar-refractivity contribution is -0.123. The van der Waals surface area contributed by atoms with Crippen molar-refractivity contribution in [2.75, 3.05) is 6.61 Å². The molecular weight excluding hydrogens is 783 g/mol. The molecule has 2 unspecified atom stereocenters. The van der Waals surface area contributed by atoms with Crippen LogP contribution in [0, 0.1) is 0 Å². The molecule has 0 fully saturated rings. The first-order valence-electron chi connectivity index (χ1n) is 28.9. The van der Waals surface area contributed by atoms with Gasteiger partial charge in [0.1, 0.15) is 0 Å². The summed E-state index contributed by atoms with van der Waals surface area (Å²) in [5.74, 6) is -0.0695. The van der Waals surface area contributed by atoms with Crippen LogP contribution in [0.4, 0.5) is 0 Å². The molecular formula is C60H113NO3. The van der Waals surface area contributed by atoms with Crippen molar-refractivity contribution in [2.45, 2.75) is 321 Å². The Morgan fingerprint density at radius 1 is 0.375 bits per heavy atom. The minimum atomic E-state index is -0.860. The number of hydrogen-bond donors (Lipinski definition) is 3. The van der Waals surface area contributed by atoms with E-state index in [0.29, 0.717) is 6.42 Å². The molecule has 0 saturated carbocycles. The van der Waals surface area contributed by atoms with Crippen LogP contribution in [0.2, 0.25) is 0 Å². The third kappa shape index (κ3) is 51.3. The summed E-state index contributed by atoms with van der Waals surface area (Å²) in [4.78, 5) is 12.4. The molecule has 0 rings (SSSR count). The molecule has 0 bridgehead atoms. The average molecular weight is 897 g/mol. The summed E-state index contributed by atoms with van der Waals surface area (Å²) in [6, 6.07) is -0.637. The van der Waals surface area contributed by atoms with Crippen molar-refractivity contribution < 1.29 is 15.0 Å². The van der Waals surface area contributed by atoms with Crippen LogP contribution in [0.1, 0.15) is 309 Å². The van der Waals surface area contributed by atoms with Gasteiger partial charge in [-0.2, -0.15) is 0 Å². The van der Waals surface area contributed by atoms with E-state index in [0.717, 1.165) is 38.5 Å². The van der Waals surface area contributed by atoms with Gasteiger partial charge in [-0.15, -0.1) is 0 Å². The van der Waals surface area contributed by atoms with Gasteiger partial charge < -0.3 is 15.5 Å². The van der Waals surface area contributed by atoms with Crippen molar-refractivity contribution in [3.63, 3.8) is 0 Å². The van der Waals surface area contributed by atoms with E-state index < -0.39 is 12.1 Å². The van der Waals surface area contributed by atoms with Crippen LogP contribution in [0.25, 0.3) is 0 Å². The Bertz CT molecular complexity index is 1020. The lowest BCUT2D eigenvalue weighted by Gasteiger charge is -2.19. The SMILES string of the molecule is CCCCCCC/C=C\C/C=C\CCCCCCCCCCCCCCCCCCCCCCCCCCCC(=O)NC(CO)C(O)/C=C/CC/C=C/CCCCCCCCCCC. The monoisotopic (exact) mass is 896 g/mol. The maximum Gasteiger partial charge on any atom is 0.220 e. The van der Waals surface area contributed by atoms with Gasteiger partial charge in [0, 0.05) is 6.42 Å². The highest BCUT2D eigenvalue weighted by molar-refractivity contribution is 5.76. The molecule has 4 heteroatoms. The van der Waals surface area contributed by atoms with Gasteiger partial charge in [-0.3, -0.25) is 4.79 Å². The average Bonchev–Trinajstić information content (AvgIpc) is 3.30. The number of aliphatic hydroxyl groups excluding tert-OH is 2. The summed E-state index contributed by atoms with van der Waals surface area (Å²) in [6.07, 6.45) is 77.2. The van der Waals surface area contributed by atoms with Gasteiger partial charge in [0.15, 0.2) is 0 Å². The molecule has 3 N–H and O–H groups in total. The second-order valence-electron chi connectivity index (χ2n) is 19.7. The fourth-order valence-electron chi connectivity index (χ4n) is 8.87. The summed E-state index contributed by atoms with van der Waals surface area (Å²) in [5, 5.41) is 23.1. The number of nitrogens with one attached hydrogen (secondary N) is 1. The lowest BCUT2D eigenvalue weighted by atomic mass is 10.0. The fourth-order valence-corrected chi connectivity index (χ4v) is 8.87. The van der Waals surface area contributed by atoms with E-state index in [2.05, 4.69) is 55.6 Å². The zero-order valence-corrected chi connectivity index (χ0v) is 43.3. The molecule has 0 radical (unpaired) electrons. The maximum absolute atomic E-state index is 12.4. The number of amides is 1. The number of rotatable bonds is 53. The number of aliphatic hydroxyl groups is 2. The minimum Gasteiger partial charge on any atom is -0.394 e. The van der Waals surface area contributed by atoms with Crippen molar-refractivity contribution in [1.82, 2.24) is 5.32 Å². The van der Waals surface area contributed by atoms with Crippen molar-refractivity contribution in [2.24, 2.45) is 0 Å². The van der Waals surface area contributed by atoms with Gasteiger partial charge in [0.2, 0.25) is 5.91 Å². The third-order valence-electron chi connectivity index (χ3n) is 13.3. The van der Waals surface area contributed by atoms with Crippen LogP contribution in [-0.4, -0.2) is 34.9 Å². The molecule has 0 aliphatic rings.